The second-order valence-corrected chi connectivity index (χ2v) is 5.58. The van der Waals surface area contributed by atoms with Crippen LogP contribution in [0.25, 0.3) is 0 Å². The number of rotatable bonds is 4. The van der Waals surface area contributed by atoms with Crippen LogP contribution in [0.4, 0.5) is 0 Å². The lowest BCUT2D eigenvalue weighted by atomic mass is 9.95. The van der Waals surface area contributed by atoms with Gasteiger partial charge in [-0.1, -0.05) is 60.7 Å². The molecule has 0 spiro atoms. The third-order valence-corrected chi connectivity index (χ3v) is 4.03. The van der Waals surface area contributed by atoms with Crippen LogP contribution in [-0.4, -0.2) is 11.9 Å². The third kappa shape index (κ3) is 3.59. The predicted octanol–water partition coefficient (Wildman–Crippen LogP) is 4.57. The molecule has 0 bridgehead atoms. The van der Waals surface area contributed by atoms with E-state index in [0.717, 1.165) is 24.8 Å². The zero-order valence-electron chi connectivity index (χ0n) is 12.1. The molecule has 0 N–H and O–H groups in total. The van der Waals surface area contributed by atoms with E-state index in [1.165, 1.54) is 5.56 Å². The van der Waals surface area contributed by atoms with Crippen LogP contribution in [0, 0.1) is 0 Å². The summed E-state index contributed by atoms with van der Waals surface area (Å²) in [6.45, 7) is 0. The molecular formula is C19H20O2. The van der Waals surface area contributed by atoms with Gasteiger partial charge in [0.1, 0.15) is 0 Å². The first kappa shape index (κ1) is 14.0. The van der Waals surface area contributed by atoms with Crippen LogP contribution in [0.3, 0.4) is 0 Å². The Kier molecular flexibility index (Phi) is 4.46. The summed E-state index contributed by atoms with van der Waals surface area (Å²) >= 11 is 0. The van der Waals surface area contributed by atoms with E-state index in [4.69, 9.17) is 4.74 Å². The Bertz CT molecular complexity index is 577. The first-order chi connectivity index (χ1) is 10.3. The smallest absolute Gasteiger partial charge is 0.165 e. The second kappa shape index (κ2) is 6.68. The van der Waals surface area contributed by atoms with E-state index in [0.29, 0.717) is 6.42 Å². The van der Waals surface area contributed by atoms with E-state index in [-0.39, 0.29) is 18.0 Å². The molecule has 0 saturated carbocycles. The van der Waals surface area contributed by atoms with Crippen molar-refractivity contribution in [3.63, 3.8) is 0 Å². The van der Waals surface area contributed by atoms with Gasteiger partial charge < -0.3 is 4.74 Å². The number of hydrogen-bond donors (Lipinski definition) is 0. The van der Waals surface area contributed by atoms with Crippen molar-refractivity contribution in [3.8, 4) is 0 Å². The van der Waals surface area contributed by atoms with Gasteiger partial charge in [-0.2, -0.15) is 0 Å². The summed E-state index contributed by atoms with van der Waals surface area (Å²) in [6.07, 6.45) is 3.78. The van der Waals surface area contributed by atoms with E-state index < -0.39 is 0 Å². The van der Waals surface area contributed by atoms with Gasteiger partial charge in [-0.05, 0) is 24.8 Å². The van der Waals surface area contributed by atoms with E-state index in [2.05, 4.69) is 12.1 Å². The fraction of sp³-hybridized carbons (Fsp3) is 0.316. The topological polar surface area (TPSA) is 26.3 Å². The lowest BCUT2D eigenvalue weighted by molar-refractivity contribution is -0.0508. The zero-order valence-corrected chi connectivity index (χ0v) is 12.1. The molecule has 3 rings (SSSR count). The zero-order chi connectivity index (χ0) is 14.5. The summed E-state index contributed by atoms with van der Waals surface area (Å²) in [5.74, 6) is 0.175. The number of ketones is 1. The highest BCUT2D eigenvalue weighted by atomic mass is 16.5. The largest absolute Gasteiger partial charge is 0.370 e. The molecule has 0 aliphatic carbocycles. The van der Waals surface area contributed by atoms with Gasteiger partial charge in [-0.3, -0.25) is 4.79 Å². The Morgan fingerprint density at radius 3 is 2.33 bits per heavy atom. The number of Topliss-reactive ketones (excluding diaryl/α,β-unsaturated/α-hetero) is 1. The van der Waals surface area contributed by atoms with Gasteiger partial charge in [-0.25, -0.2) is 0 Å². The first-order valence-corrected chi connectivity index (χ1v) is 7.61. The summed E-state index contributed by atoms with van der Waals surface area (Å²) < 4.78 is 6.14. The van der Waals surface area contributed by atoms with Gasteiger partial charge in [0, 0.05) is 12.0 Å². The second-order valence-electron chi connectivity index (χ2n) is 5.58. The van der Waals surface area contributed by atoms with Crippen LogP contribution in [0.5, 0.6) is 0 Å². The summed E-state index contributed by atoms with van der Waals surface area (Å²) in [4.78, 5) is 12.3. The SMILES string of the molecule is O=C(CC1CCCC(c2ccccc2)O1)c1ccccc1. The fourth-order valence-corrected chi connectivity index (χ4v) is 2.91. The van der Waals surface area contributed by atoms with Crippen LogP contribution in [-0.2, 0) is 4.74 Å². The number of ether oxygens (including phenoxy) is 1. The van der Waals surface area contributed by atoms with Crippen molar-refractivity contribution in [2.24, 2.45) is 0 Å². The highest BCUT2D eigenvalue weighted by molar-refractivity contribution is 5.96. The lowest BCUT2D eigenvalue weighted by Crippen LogP contribution is -2.25. The van der Waals surface area contributed by atoms with E-state index in [9.17, 15) is 4.79 Å². The van der Waals surface area contributed by atoms with Crippen molar-refractivity contribution < 1.29 is 9.53 Å². The highest BCUT2D eigenvalue weighted by Gasteiger charge is 2.25. The fourth-order valence-electron chi connectivity index (χ4n) is 2.91. The molecule has 1 aliphatic rings. The van der Waals surface area contributed by atoms with Crippen molar-refractivity contribution in [1.29, 1.82) is 0 Å². The average molecular weight is 280 g/mol. The van der Waals surface area contributed by atoms with E-state index in [1.807, 2.05) is 48.5 Å². The Hall–Kier alpha value is -1.93. The van der Waals surface area contributed by atoms with Gasteiger partial charge in [0.2, 0.25) is 0 Å². The number of carbonyl (C=O) groups is 1. The van der Waals surface area contributed by atoms with Crippen molar-refractivity contribution >= 4 is 5.78 Å². The molecule has 21 heavy (non-hydrogen) atoms. The van der Waals surface area contributed by atoms with Crippen LogP contribution in [0.1, 0.15) is 47.7 Å². The highest BCUT2D eigenvalue weighted by Crippen LogP contribution is 2.32. The van der Waals surface area contributed by atoms with Crippen LogP contribution in [0.15, 0.2) is 60.7 Å². The molecule has 2 atom stereocenters. The molecule has 2 aromatic rings. The maximum absolute atomic E-state index is 12.3. The first-order valence-electron chi connectivity index (χ1n) is 7.61. The molecule has 1 saturated heterocycles. The summed E-state index contributed by atoms with van der Waals surface area (Å²) in [7, 11) is 0. The maximum Gasteiger partial charge on any atom is 0.165 e. The monoisotopic (exact) mass is 280 g/mol. The van der Waals surface area contributed by atoms with Gasteiger partial charge in [0.15, 0.2) is 5.78 Å². The minimum absolute atomic E-state index is 0.0386. The van der Waals surface area contributed by atoms with Crippen molar-refractivity contribution in [3.05, 3.63) is 71.8 Å². The van der Waals surface area contributed by atoms with Crippen molar-refractivity contribution in [1.82, 2.24) is 0 Å². The Morgan fingerprint density at radius 1 is 0.952 bits per heavy atom. The molecule has 2 aromatic carbocycles. The summed E-state index contributed by atoms with van der Waals surface area (Å²) in [6, 6.07) is 19.8. The molecule has 1 fully saturated rings. The van der Waals surface area contributed by atoms with Crippen molar-refractivity contribution in [2.45, 2.75) is 37.9 Å². The molecule has 1 aliphatic heterocycles. The normalized spacial score (nSPS) is 21.9. The molecule has 1 heterocycles. The Morgan fingerprint density at radius 2 is 1.62 bits per heavy atom. The third-order valence-electron chi connectivity index (χ3n) is 4.03. The van der Waals surface area contributed by atoms with E-state index >= 15 is 0 Å². The van der Waals surface area contributed by atoms with Gasteiger partial charge in [-0.15, -0.1) is 0 Å². The quantitative estimate of drug-likeness (QED) is 0.767. The molecule has 2 heteroatoms. The van der Waals surface area contributed by atoms with Gasteiger partial charge in [0.05, 0.1) is 12.2 Å². The van der Waals surface area contributed by atoms with Crippen LogP contribution in [0.2, 0.25) is 0 Å². The van der Waals surface area contributed by atoms with Gasteiger partial charge in [0.25, 0.3) is 0 Å². The van der Waals surface area contributed by atoms with E-state index in [1.54, 1.807) is 0 Å². The predicted molar refractivity (Wildman–Crippen MR) is 83.3 cm³/mol. The lowest BCUT2D eigenvalue weighted by Gasteiger charge is -2.30. The standard InChI is InChI=1S/C19H20O2/c20-18(15-8-3-1-4-9-15)14-17-12-7-13-19(21-17)16-10-5-2-6-11-16/h1-6,8-11,17,19H,7,12-14H2. The minimum Gasteiger partial charge on any atom is -0.370 e. The molecule has 0 amide bonds. The Balaban J connectivity index is 1.63. The molecule has 2 unspecified atom stereocenters. The summed E-state index contributed by atoms with van der Waals surface area (Å²) in [5, 5.41) is 0. The Labute approximate surface area is 125 Å². The minimum atomic E-state index is 0.0386. The van der Waals surface area contributed by atoms with Gasteiger partial charge >= 0.3 is 0 Å². The molecule has 108 valence electrons. The molecular weight excluding hydrogens is 260 g/mol. The maximum atomic E-state index is 12.3. The van der Waals surface area contributed by atoms with Crippen LogP contribution < -0.4 is 0 Å². The molecule has 2 nitrogen and oxygen atoms in total. The number of carbonyl (C=O) groups excluding carboxylic acids is 1. The number of hydrogen-bond acceptors (Lipinski definition) is 2. The summed E-state index contributed by atoms with van der Waals surface area (Å²) in [5.41, 5.74) is 2.00. The average Bonchev–Trinajstić information content (AvgIpc) is 2.57. The number of benzene rings is 2. The molecule has 0 radical (unpaired) electrons. The molecule has 0 aromatic heterocycles. The van der Waals surface area contributed by atoms with Crippen LogP contribution >= 0.6 is 0 Å². The van der Waals surface area contributed by atoms with Crippen molar-refractivity contribution in [2.75, 3.05) is 0 Å².